The Labute approximate surface area is 188 Å². The predicted octanol–water partition coefficient (Wildman–Crippen LogP) is 4.30. The van der Waals surface area contributed by atoms with Crippen LogP contribution in [0.15, 0.2) is 64.6 Å². The van der Waals surface area contributed by atoms with Gasteiger partial charge in [-0.1, -0.05) is 23.8 Å². The Balaban J connectivity index is 1.69. The summed E-state index contributed by atoms with van der Waals surface area (Å²) in [6, 6.07) is 14.8. The van der Waals surface area contributed by atoms with Gasteiger partial charge < -0.3 is 4.42 Å². The Hall–Kier alpha value is -4.11. The van der Waals surface area contributed by atoms with Gasteiger partial charge in [0.1, 0.15) is 17.1 Å². The monoisotopic (exact) mass is 447 g/mol. The number of furan rings is 1. The number of aryl methyl sites for hydroxylation is 2. The summed E-state index contributed by atoms with van der Waals surface area (Å²) >= 11 is 5.20. The van der Waals surface area contributed by atoms with Crippen molar-refractivity contribution in [3.63, 3.8) is 0 Å². The van der Waals surface area contributed by atoms with Gasteiger partial charge in [0, 0.05) is 17.7 Å². The van der Waals surface area contributed by atoms with Gasteiger partial charge in [-0.2, -0.15) is 0 Å². The molecular weight excluding hydrogens is 430 g/mol. The lowest BCUT2D eigenvalue weighted by Gasteiger charge is -2.28. The van der Waals surface area contributed by atoms with Gasteiger partial charge in [0.15, 0.2) is 5.11 Å². The van der Waals surface area contributed by atoms with Crippen molar-refractivity contribution in [2.75, 3.05) is 4.90 Å². The van der Waals surface area contributed by atoms with Crippen LogP contribution in [0, 0.1) is 24.0 Å². The Kier molecular flexibility index (Phi) is 5.41. The van der Waals surface area contributed by atoms with Gasteiger partial charge in [-0.25, -0.2) is 0 Å². The highest BCUT2D eigenvalue weighted by molar-refractivity contribution is 7.80. The number of benzene rings is 2. The number of nitro groups is 1. The zero-order valence-corrected chi connectivity index (χ0v) is 17.9. The molecule has 8 nitrogen and oxygen atoms in total. The average Bonchev–Trinajstić information content (AvgIpc) is 3.21. The minimum atomic E-state index is -0.632. The maximum Gasteiger partial charge on any atom is 0.270 e. The number of non-ortho nitro benzene ring substituents is 1. The standard InChI is InChI=1S/C23H17N3O5S/c1-13-3-6-15(7-4-13)25-22(28)19(21(27)24-23(25)32)12-17-9-10-20(31-17)18-11-16(26(29)30)8-5-14(18)2/h3-12H,1-2H3,(H,24,27,32)/b19-12+. The Morgan fingerprint density at radius 1 is 1.06 bits per heavy atom. The Morgan fingerprint density at radius 2 is 1.78 bits per heavy atom. The first-order valence-electron chi connectivity index (χ1n) is 9.58. The number of hydrogen-bond donors (Lipinski definition) is 1. The maximum atomic E-state index is 13.1. The Morgan fingerprint density at radius 3 is 2.47 bits per heavy atom. The second kappa shape index (κ2) is 8.20. The van der Waals surface area contributed by atoms with E-state index in [4.69, 9.17) is 16.6 Å². The van der Waals surface area contributed by atoms with Crippen LogP contribution in [-0.2, 0) is 9.59 Å². The van der Waals surface area contributed by atoms with Crippen LogP contribution in [0.25, 0.3) is 17.4 Å². The molecule has 1 N–H and O–H groups in total. The summed E-state index contributed by atoms with van der Waals surface area (Å²) in [4.78, 5) is 37.4. The van der Waals surface area contributed by atoms with E-state index in [1.54, 1.807) is 37.3 Å². The third-order valence-electron chi connectivity index (χ3n) is 5.00. The summed E-state index contributed by atoms with van der Waals surface area (Å²) < 4.78 is 5.79. The van der Waals surface area contributed by atoms with E-state index < -0.39 is 16.7 Å². The van der Waals surface area contributed by atoms with Crippen LogP contribution in [0.1, 0.15) is 16.9 Å². The molecule has 0 saturated carbocycles. The first-order valence-corrected chi connectivity index (χ1v) is 9.99. The summed E-state index contributed by atoms with van der Waals surface area (Å²) in [6.45, 7) is 3.73. The fourth-order valence-electron chi connectivity index (χ4n) is 3.29. The number of carbonyl (C=O) groups is 2. The molecule has 1 aliphatic rings. The highest BCUT2D eigenvalue weighted by Crippen LogP contribution is 2.30. The van der Waals surface area contributed by atoms with E-state index in [0.29, 0.717) is 17.0 Å². The molecule has 1 aliphatic heterocycles. The second-order valence-electron chi connectivity index (χ2n) is 7.25. The van der Waals surface area contributed by atoms with Crippen molar-refractivity contribution < 1.29 is 18.9 Å². The Bertz CT molecular complexity index is 1310. The molecule has 2 amide bonds. The summed E-state index contributed by atoms with van der Waals surface area (Å²) in [5.74, 6) is -0.575. The van der Waals surface area contributed by atoms with E-state index in [1.165, 1.54) is 23.1 Å². The van der Waals surface area contributed by atoms with Crippen LogP contribution < -0.4 is 10.2 Å². The van der Waals surface area contributed by atoms with Crippen molar-refractivity contribution in [2.24, 2.45) is 0 Å². The smallest absolute Gasteiger partial charge is 0.270 e. The largest absolute Gasteiger partial charge is 0.457 e. The van der Waals surface area contributed by atoms with Crippen LogP contribution >= 0.6 is 12.2 Å². The molecule has 0 radical (unpaired) electrons. The van der Waals surface area contributed by atoms with Gasteiger partial charge in [-0.15, -0.1) is 0 Å². The first-order chi connectivity index (χ1) is 15.2. The zero-order chi connectivity index (χ0) is 23.0. The fourth-order valence-corrected chi connectivity index (χ4v) is 3.57. The maximum absolute atomic E-state index is 13.1. The predicted molar refractivity (Wildman–Crippen MR) is 123 cm³/mol. The molecule has 0 aliphatic carbocycles. The van der Waals surface area contributed by atoms with E-state index in [9.17, 15) is 19.7 Å². The average molecular weight is 447 g/mol. The molecule has 0 spiro atoms. The summed E-state index contributed by atoms with van der Waals surface area (Å²) in [6.07, 6.45) is 1.33. The van der Waals surface area contributed by atoms with Gasteiger partial charge >= 0.3 is 0 Å². The molecule has 3 aromatic rings. The van der Waals surface area contributed by atoms with Crippen LogP contribution in [0.5, 0.6) is 0 Å². The van der Waals surface area contributed by atoms with Crippen LogP contribution in [0.4, 0.5) is 11.4 Å². The van der Waals surface area contributed by atoms with E-state index in [1.807, 2.05) is 19.1 Å². The van der Waals surface area contributed by atoms with Crippen LogP contribution in [-0.4, -0.2) is 21.9 Å². The SMILES string of the molecule is Cc1ccc(N2C(=O)/C(=C/c3ccc(-c4cc([N+](=O)[O-])ccc4C)o3)C(=O)NC2=S)cc1. The van der Waals surface area contributed by atoms with E-state index >= 15 is 0 Å². The first kappa shape index (κ1) is 21.1. The lowest BCUT2D eigenvalue weighted by atomic mass is 10.1. The summed E-state index contributed by atoms with van der Waals surface area (Å²) in [5, 5.41) is 13.6. The highest BCUT2D eigenvalue weighted by atomic mass is 32.1. The molecule has 4 rings (SSSR count). The molecule has 9 heteroatoms. The number of nitrogens with one attached hydrogen (secondary N) is 1. The topological polar surface area (TPSA) is 106 Å². The molecule has 1 saturated heterocycles. The summed E-state index contributed by atoms with van der Waals surface area (Å²) in [7, 11) is 0. The van der Waals surface area contributed by atoms with E-state index in [2.05, 4.69) is 5.32 Å². The van der Waals surface area contributed by atoms with Gasteiger partial charge in [0.2, 0.25) is 0 Å². The van der Waals surface area contributed by atoms with Crippen molar-refractivity contribution in [1.29, 1.82) is 0 Å². The second-order valence-corrected chi connectivity index (χ2v) is 7.64. The van der Waals surface area contributed by atoms with Gasteiger partial charge in [0.05, 0.1) is 10.6 Å². The number of anilines is 1. The molecule has 160 valence electrons. The van der Waals surface area contributed by atoms with Crippen LogP contribution in [0.3, 0.4) is 0 Å². The minimum absolute atomic E-state index is 0.00615. The lowest BCUT2D eigenvalue weighted by Crippen LogP contribution is -2.54. The molecule has 0 unspecified atom stereocenters. The van der Waals surface area contributed by atoms with Gasteiger partial charge in [-0.3, -0.25) is 29.9 Å². The van der Waals surface area contributed by atoms with Crippen LogP contribution in [0.2, 0.25) is 0 Å². The quantitative estimate of drug-likeness (QED) is 0.210. The van der Waals surface area contributed by atoms with E-state index in [0.717, 1.165) is 11.1 Å². The van der Waals surface area contributed by atoms with Gasteiger partial charge in [0.25, 0.3) is 17.5 Å². The minimum Gasteiger partial charge on any atom is -0.457 e. The molecule has 0 atom stereocenters. The summed E-state index contributed by atoms with van der Waals surface area (Å²) in [5.41, 5.74) is 2.67. The number of thiocarbonyl (C=S) groups is 1. The molecule has 2 aromatic carbocycles. The van der Waals surface area contributed by atoms with Crippen molar-refractivity contribution in [2.45, 2.75) is 13.8 Å². The third kappa shape index (κ3) is 3.93. The molecule has 0 bridgehead atoms. The molecule has 1 aromatic heterocycles. The third-order valence-corrected chi connectivity index (χ3v) is 5.29. The molecule has 1 fully saturated rings. The number of rotatable bonds is 4. The molecule has 2 heterocycles. The van der Waals surface area contributed by atoms with Crippen molar-refractivity contribution >= 4 is 46.6 Å². The van der Waals surface area contributed by atoms with Crippen molar-refractivity contribution in [3.8, 4) is 11.3 Å². The van der Waals surface area contributed by atoms with Crippen molar-refractivity contribution in [1.82, 2.24) is 5.32 Å². The zero-order valence-electron chi connectivity index (χ0n) is 17.1. The molecular formula is C23H17N3O5S. The van der Waals surface area contributed by atoms with Gasteiger partial charge in [-0.05, 0) is 62.0 Å². The van der Waals surface area contributed by atoms with E-state index in [-0.39, 0.29) is 22.1 Å². The lowest BCUT2D eigenvalue weighted by molar-refractivity contribution is -0.384. The normalized spacial score (nSPS) is 15.2. The highest BCUT2D eigenvalue weighted by Gasteiger charge is 2.34. The number of hydrogen-bond acceptors (Lipinski definition) is 6. The number of amides is 2. The fraction of sp³-hybridized carbons (Fsp3) is 0.0870. The number of nitro benzene ring substituents is 1. The molecule has 32 heavy (non-hydrogen) atoms. The number of carbonyl (C=O) groups excluding carboxylic acids is 2. The number of nitrogens with zero attached hydrogens (tertiary/aromatic N) is 2. The van der Waals surface area contributed by atoms with Crippen molar-refractivity contribution in [3.05, 3.63) is 87.2 Å².